The predicted molar refractivity (Wildman–Crippen MR) is 103 cm³/mol. The van der Waals surface area contributed by atoms with Gasteiger partial charge in [0.05, 0.1) is 5.52 Å². The van der Waals surface area contributed by atoms with Gasteiger partial charge in [-0.25, -0.2) is 0 Å². The van der Waals surface area contributed by atoms with Crippen LogP contribution in [0.4, 0.5) is 0 Å². The van der Waals surface area contributed by atoms with Crippen LogP contribution in [0.25, 0.3) is 32.6 Å². The standard InChI is InChI=1S/C23H15NO/c1-2-6-15-13-22-16(11-14(15)5-1)12-19-21(25-22)10-9-18-17-7-3-4-8-20(17)24-23(18)19/h1-11,13,24H,12H2. The fourth-order valence-electron chi connectivity index (χ4n) is 4.04. The van der Waals surface area contributed by atoms with Crippen LogP contribution in [-0.2, 0) is 6.42 Å². The Hall–Kier alpha value is -3.26. The minimum atomic E-state index is 0.889. The molecule has 0 fully saturated rings. The zero-order valence-electron chi connectivity index (χ0n) is 13.5. The second-order valence-electron chi connectivity index (χ2n) is 6.72. The first-order chi connectivity index (χ1) is 12.4. The van der Waals surface area contributed by atoms with Gasteiger partial charge >= 0.3 is 0 Å². The number of para-hydroxylation sites is 1. The third-order valence-corrected chi connectivity index (χ3v) is 5.26. The van der Waals surface area contributed by atoms with Crippen molar-refractivity contribution in [1.29, 1.82) is 0 Å². The minimum Gasteiger partial charge on any atom is -0.457 e. The Labute approximate surface area is 144 Å². The van der Waals surface area contributed by atoms with Gasteiger partial charge in [-0.1, -0.05) is 42.5 Å². The van der Waals surface area contributed by atoms with Crippen molar-refractivity contribution in [2.45, 2.75) is 6.42 Å². The smallest absolute Gasteiger partial charge is 0.133 e. The Morgan fingerprint density at radius 3 is 2.44 bits per heavy atom. The molecule has 0 saturated heterocycles. The summed E-state index contributed by atoms with van der Waals surface area (Å²) in [5.74, 6) is 1.93. The van der Waals surface area contributed by atoms with E-state index in [4.69, 9.17) is 4.74 Å². The summed E-state index contributed by atoms with van der Waals surface area (Å²) in [5.41, 5.74) is 4.86. The highest BCUT2D eigenvalue weighted by molar-refractivity contribution is 6.09. The van der Waals surface area contributed by atoms with Gasteiger partial charge in [-0.15, -0.1) is 0 Å². The first kappa shape index (κ1) is 13.1. The van der Waals surface area contributed by atoms with Crippen molar-refractivity contribution in [2.75, 3.05) is 0 Å². The molecule has 2 nitrogen and oxygen atoms in total. The van der Waals surface area contributed by atoms with Gasteiger partial charge in [0.15, 0.2) is 0 Å². The van der Waals surface area contributed by atoms with Crippen LogP contribution < -0.4 is 4.74 Å². The first-order valence-electron chi connectivity index (χ1n) is 8.59. The van der Waals surface area contributed by atoms with Gasteiger partial charge in [-0.05, 0) is 41.1 Å². The van der Waals surface area contributed by atoms with E-state index < -0.39 is 0 Å². The number of rotatable bonds is 0. The Balaban J connectivity index is 1.61. The number of hydrogen-bond donors (Lipinski definition) is 1. The maximum atomic E-state index is 6.27. The van der Waals surface area contributed by atoms with Crippen LogP contribution in [-0.4, -0.2) is 4.98 Å². The number of aromatic nitrogens is 1. The van der Waals surface area contributed by atoms with Crippen LogP contribution in [0.15, 0.2) is 72.8 Å². The monoisotopic (exact) mass is 321 g/mol. The molecule has 0 saturated carbocycles. The van der Waals surface area contributed by atoms with Crippen LogP contribution >= 0.6 is 0 Å². The fraction of sp³-hybridized carbons (Fsp3) is 0.0435. The Kier molecular flexibility index (Phi) is 2.43. The molecule has 0 unspecified atom stereocenters. The van der Waals surface area contributed by atoms with Crippen molar-refractivity contribution in [2.24, 2.45) is 0 Å². The molecule has 5 aromatic rings. The average molecular weight is 321 g/mol. The van der Waals surface area contributed by atoms with Gasteiger partial charge in [0, 0.05) is 33.8 Å². The molecule has 1 aliphatic rings. The summed E-state index contributed by atoms with van der Waals surface area (Å²) in [6, 6.07) is 25.6. The number of H-pyrrole nitrogens is 1. The Bertz CT molecular complexity index is 1300. The summed E-state index contributed by atoms with van der Waals surface area (Å²) in [7, 11) is 0. The minimum absolute atomic E-state index is 0.889. The van der Waals surface area contributed by atoms with Crippen LogP contribution in [0.3, 0.4) is 0 Å². The number of hydrogen-bond acceptors (Lipinski definition) is 1. The maximum absolute atomic E-state index is 6.27. The van der Waals surface area contributed by atoms with Crippen molar-refractivity contribution in [1.82, 2.24) is 4.98 Å². The molecule has 0 atom stereocenters. The van der Waals surface area contributed by atoms with E-state index in [0.717, 1.165) is 17.9 Å². The third-order valence-electron chi connectivity index (χ3n) is 5.26. The molecule has 118 valence electrons. The van der Waals surface area contributed by atoms with Gasteiger partial charge in [0.25, 0.3) is 0 Å². The maximum Gasteiger partial charge on any atom is 0.133 e. The van der Waals surface area contributed by atoms with Gasteiger partial charge in [0.2, 0.25) is 0 Å². The van der Waals surface area contributed by atoms with Crippen LogP contribution in [0.1, 0.15) is 11.1 Å². The molecule has 1 aliphatic heterocycles. The van der Waals surface area contributed by atoms with Gasteiger partial charge in [0.1, 0.15) is 11.5 Å². The molecule has 0 bridgehead atoms. The summed E-state index contributed by atoms with van der Waals surface area (Å²) in [6.45, 7) is 0. The van der Waals surface area contributed by atoms with E-state index in [9.17, 15) is 0 Å². The molecule has 0 radical (unpaired) electrons. The van der Waals surface area contributed by atoms with Crippen LogP contribution in [0.5, 0.6) is 11.5 Å². The van der Waals surface area contributed by atoms with E-state index in [1.54, 1.807) is 0 Å². The van der Waals surface area contributed by atoms with E-state index in [1.807, 2.05) is 0 Å². The Morgan fingerprint density at radius 2 is 1.52 bits per heavy atom. The molecule has 2 heterocycles. The number of nitrogens with one attached hydrogen (secondary N) is 1. The third kappa shape index (κ3) is 1.79. The quantitative estimate of drug-likeness (QED) is 0.355. The summed E-state index contributed by atoms with van der Waals surface area (Å²) in [6.07, 6.45) is 0.889. The van der Waals surface area contributed by atoms with E-state index in [-0.39, 0.29) is 0 Å². The second kappa shape index (κ2) is 4.64. The SMILES string of the molecule is c1ccc2cc3c(cc2c1)Cc1c(ccc2c1[nH]c1ccccc12)O3. The first-order valence-corrected chi connectivity index (χ1v) is 8.59. The number of benzene rings is 4. The zero-order valence-corrected chi connectivity index (χ0v) is 13.5. The molecule has 0 amide bonds. The lowest BCUT2D eigenvalue weighted by molar-refractivity contribution is 0.462. The highest BCUT2D eigenvalue weighted by Crippen LogP contribution is 2.42. The molecule has 0 spiro atoms. The molecule has 1 aromatic heterocycles. The van der Waals surface area contributed by atoms with Crippen molar-refractivity contribution >= 4 is 32.6 Å². The highest BCUT2D eigenvalue weighted by Gasteiger charge is 2.21. The summed E-state index contributed by atoms with van der Waals surface area (Å²) in [5, 5.41) is 5.01. The van der Waals surface area contributed by atoms with Crippen molar-refractivity contribution in [3.63, 3.8) is 0 Å². The molecule has 1 N–H and O–H groups in total. The number of ether oxygens (including phenoxy) is 1. The molecule has 0 aliphatic carbocycles. The lowest BCUT2D eigenvalue weighted by atomic mass is 9.95. The summed E-state index contributed by atoms with van der Waals surface area (Å²) in [4.78, 5) is 3.59. The van der Waals surface area contributed by atoms with E-state index in [2.05, 4.69) is 77.8 Å². The van der Waals surface area contributed by atoms with Gasteiger partial charge in [-0.3, -0.25) is 0 Å². The topological polar surface area (TPSA) is 25.0 Å². The van der Waals surface area contributed by atoms with E-state index in [0.29, 0.717) is 0 Å². The molecular formula is C23H15NO. The lowest BCUT2D eigenvalue weighted by Crippen LogP contribution is -2.03. The van der Waals surface area contributed by atoms with Crippen LogP contribution in [0, 0.1) is 0 Å². The van der Waals surface area contributed by atoms with Gasteiger partial charge in [-0.2, -0.15) is 0 Å². The summed E-state index contributed by atoms with van der Waals surface area (Å²) < 4.78 is 6.27. The molecule has 2 heteroatoms. The fourth-order valence-corrected chi connectivity index (χ4v) is 4.04. The van der Waals surface area contributed by atoms with Crippen molar-refractivity contribution in [3.05, 3.63) is 83.9 Å². The van der Waals surface area contributed by atoms with Crippen molar-refractivity contribution in [3.8, 4) is 11.5 Å². The predicted octanol–water partition coefficient (Wildman–Crippen LogP) is 6.17. The number of aromatic amines is 1. The second-order valence-corrected chi connectivity index (χ2v) is 6.72. The molecule has 6 rings (SSSR count). The number of fused-ring (bicyclic) bond motifs is 7. The molecule has 25 heavy (non-hydrogen) atoms. The largest absolute Gasteiger partial charge is 0.457 e. The zero-order chi connectivity index (χ0) is 16.4. The lowest BCUT2D eigenvalue weighted by Gasteiger charge is -2.21. The normalized spacial score (nSPS) is 13.0. The van der Waals surface area contributed by atoms with E-state index in [1.165, 1.54) is 43.7 Å². The molecular weight excluding hydrogens is 306 g/mol. The Morgan fingerprint density at radius 1 is 0.720 bits per heavy atom. The highest BCUT2D eigenvalue weighted by atomic mass is 16.5. The molecule has 4 aromatic carbocycles. The van der Waals surface area contributed by atoms with Crippen molar-refractivity contribution < 1.29 is 4.74 Å². The van der Waals surface area contributed by atoms with Gasteiger partial charge < -0.3 is 9.72 Å². The van der Waals surface area contributed by atoms with Crippen LogP contribution in [0.2, 0.25) is 0 Å². The average Bonchev–Trinajstić information content (AvgIpc) is 3.04. The van der Waals surface area contributed by atoms with E-state index >= 15 is 0 Å². The summed E-state index contributed by atoms with van der Waals surface area (Å²) >= 11 is 0.